The SMILES string of the molecule is CCCNc1snnc1COCC(C)CCC. The topological polar surface area (TPSA) is 47.0 Å². The maximum absolute atomic E-state index is 5.68. The van der Waals surface area contributed by atoms with Gasteiger partial charge in [0, 0.05) is 24.7 Å². The molecular formula is C12H23N3OS. The lowest BCUT2D eigenvalue weighted by Crippen LogP contribution is -2.07. The standard InChI is InChI=1S/C12H23N3OS/c1-4-6-10(3)8-16-9-11-12(13-7-5-2)17-15-14-11/h10,13H,4-9H2,1-3H3. The van der Waals surface area contributed by atoms with Crippen LogP contribution in [0.5, 0.6) is 0 Å². The molecule has 0 radical (unpaired) electrons. The van der Waals surface area contributed by atoms with Gasteiger partial charge in [-0.3, -0.25) is 0 Å². The van der Waals surface area contributed by atoms with E-state index in [1.807, 2.05) is 0 Å². The largest absolute Gasteiger partial charge is 0.375 e. The van der Waals surface area contributed by atoms with E-state index in [0.29, 0.717) is 12.5 Å². The van der Waals surface area contributed by atoms with Gasteiger partial charge in [0.25, 0.3) is 0 Å². The van der Waals surface area contributed by atoms with E-state index in [-0.39, 0.29) is 0 Å². The van der Waals surface area contributed by atoms with Crippen LogP contribution in [0.4, 0.5) is 5.00 Å². The number of anilines is 1. The van der Waals surface area contributed by atoms with Crippen molar-refractivity contribution in [3.8, 4) is 0 Å². The van der Waals surface area contributed by atoms with Crippen molar-refractivity contribution in [1.82, 2.24) is 9.59 Å². The highest BCUT2D eigenvalue weighted by Gasteiger charge is 2.08. The molecule has 1 atom stereocenters. The molecule has 1 N–H and O–H groups in total. The molecule has 0 amide bonds. The normalized spacial score (nSPS) is 12.6. The van der Waals surface area contributed by atoms with Crippen LogP contribution in [0, 0.1) is 5.92 Å². The first-order valence-corrected chi connectivity index (χ1v) is 7.18. The maximum Gasteiger partial charge on any atom is 0.135 e. The third kappa shape index (κ3) is 5.46. The summed E-state index contributed by atoms with van der Waals surface area (Å²) in [5.74, 6) is 0.624. The van der Waals surface area contributed by atoms with Crippen LogP contribution >= 0.6 is 11.5 Å². The Hall–Kier alpha value is -0.680. The molecule has 98 valence electrons. The predicted molar refractivity (Wildman–Crippen MR) is 72.4 cm³/mol. The third-order valence-corrected chi connectivity index (χ3v) is 3.24. The van der Waals surface area contributed by atoms with Crippen LogP contribution in [0.3, 0.4) is 0 Å². The fourth-order valence-electron chi connectivity index (χ4n) is 1.61. The lowest BCUT2D eigenvalue weighted by Gasteiger charge is -2.10. The molecule has 0 aliphatic rings. The van der Waals surface area contributed by atoms with Crippen LogP contribution in [-0.4, -0.2) is 22.7 Å². The molecule has 17 heavy (non-hydrogen) atoms. The van der Waals surface area contributed by atoms with Crippen molar-refractivity contribution in [2.45, 2.75) is 46.6 Å². The fraction of sp³-hybridized carbons (Fsp3) is 0.833. The monoisotopic (exact) mass is 257 g/mol. The van der Waals surface area contributed by atoms with Gasteiger partial charge in [0.05, 0.1) is 6.61 Å². The number of rotatable bonds is 9. The molecule has 0 aromatic carbocycles. The maximum atomic E-state index is 5.68. The van der Waals surface area contributed by atoms with Gasteiger partial charge in [-0.05, 0) is 18.8 Å². The van der Waals surface area contributed by atoms with E-state index in [1.54, 1.807) is 0 Å². The van der Waals surface area contributed by atoms with Gasteiger partial charge < -0.3 is 10.1 Å². The lowest BCUT2D eigenvalue weighted by molar-refractivity contribution is 0.0875. The van der Waals surface area contributed by atoms with Crippen molar-refractivity contribution in [3.63, 3.8) is 0 Å². The van der Waals surface area contributed by atoms with Gasteiger partial charge in [-0.1, -0.05) is 31.7 Å². The van der Waals surface area contributed by atoms with Crippen LogP contribution in [0.25, 0.3) is 0 Å². The summed E-state index contributed by atoms with van der Waals surface area (Å²) < 4.78 is 9.64. The first-order chi connectivity index (χ1) is 8.27. The quantitative estimate of drug-likeness (QED) is 0.737. The summed E-state index contributed by atoms with van der Waals surface area (Å²) in [6, 6.07) is 0. The molecule has 5 heteroatoms. The molecule has 1 aromatic heterocycles. The molecule has 0 aliphatic carbocycles. The van der Waals surface area contributed by atoms with Crippen LogP contribution in [0.2, 0.25) is 0 Å². The Balaban J connectivity index is 2.28. The zero-order chi connectivity index (χ0) is 12.5. The minimum absolute atomic E-state index is 0.566. The zero-order valence-electron chi connectivity index (χ0n) is 11.0. The Bertz CT molecular complexity index is 304. The first-order valence-electron chi connectivity index (χ1n) is 6.40. The minimum Gasteiger partial charge on any atom is -0.375 e. The smallest absolute Gasteiger partial charge is 0.135 e. The Labute approximate surface area is 108 Å². The summed E-state index contributed by atoms with van der Waals surface area (Å²) >= 11 is 1.41. The molecular weight excluding hydrogens is 234 g/mol. The molecule has 1 heterocycles. The average molecular weight is 257 g/mol. The molecule has 1 aromatic rings. The molecule has 4 nitrogen and oxygen atoms in total. The Morgan fingerprint density at radius 3 is 2.88 bits per heavy atom. The molecule has 0 saturated carbocycles. The third-order valence-electron chi connectivity index (χ3n) is 2.51. The van der Waals surface area contributed by atoms with E-state index in [2.05, 4.69) is 35.7 Å². The molecule has 0 spiro atoms. The molecule has 0 bridgehead atoms. The summed E-state index contributed by atoms with van der Waals surface area (Å²) in [7, 11) is 0. The van der Waals surface area contributed by atoms with E-state index in [0.717, 1.165) is 30.3 Å². The zero-order valence-corrected chi connectivity index (χ0v) is 11.8. The minimum atomic E-state index is 0.566. The number of nitrogens with one attached hydrogen (secondary N) is 1. The summed E-state index contributed by atoms with van der Waals surface area (Å²) in [5, 5.41) is 8.46. The molecule has 1 unspecified atom stereocenters. The highest BCUT2D eigenvalue weighted by Crippen LogP contribution is 2.18. The van der Waals surface area contributed by atoms with Gasteiger partial charge in [-0.25, -0.2) is 0 Å². The number of nitrogens with zero attached hydrogens (tertiary/aromatic N) is 2. The van der Waals surface area contributed by atoms with Gasteiger partial charge in [-0.2, -0.15) is 0 Å². The van der Waals surface area contributed by atoms with Crippen LogP contribution in [0.15, 0.2) is 0 Å². The van der Waals surface area contributed by atoms with E-state index in [9.17, 15) is 0 Å². The number of hydrogen-bond donors (Lipinski definition) is 1. The van der Waals surface area contributed by atoms with Gasteiger partial charge in [0.15, 0.2) is 0 Å². The van der Waals surface area contributed by atoms with Crippen LogP contribution in [-0.2, 0) is 11.3 Å². The summed E-state index contributed by atoms with van der Waals surface area (Å²) in [6.07, 6.45) is 3.54. The van der Waals surface area contributed by atoms with Gasteiger partial charge in [0.1, 0.15) is 10.7 Å². The van der Waals surface area contributed by atoms with Crippen molar-refractivity contribution in [2.24, 2.45) is 5.92 Å². The Morgan fingerprint density at radius 2 is 2.18 bits per heavy atom. The van der Waals surface area contributed by atoms with Crippen molar-refractivity contribution < 1.29 is 4.74 Å². The Morgan fingerprint density at radius 1 is 1.35 bits per heavy atom. The van der Waals surface area contributed by atoms with Gasteiger partial charge in [0.2, 0.25) is 0 Å². The second-order valence-corrected chi connectivity index (χ2v) is 5.14. The second kappa shape index (κ2) is 8.42. The van der Waals surface area contributed by atoms with E-state index in [1.165, 1.54) is 24.4 Å². The van der Waals surface area contributed by atoms with E-state index >= 15 is 0 Å². The van der Waals surface area contributed by atoms with Gasteiger partial charge in [-0.15, -0.1) is 5.10 Å². The summed E-state index contributed by atoms with van der Waals surface area (Å²) in [6.45, 7) is 8.90. The molecule has 1 rings (SSSR count). The first kappa shape index (κ1) is 14.4. The summed E-state index contributed by atoms with van der Waals surface area (Å²) in [4.78, 5) is 0. The van der Waals surface area contributed by atoms with Crippen LogP contribution in [0.1, 0.15) is 45.7 Å². The van der Waals surface area contributed by atoms with Crippen molar-refractivity contribution in [2.75, 3.05) is 18.5 Å². The molecule has 0 saturated heterocycles. The number of hydrogen-bond acceptors (Lipinski definition) is 5. The second-order valence-electron chi connectivity index (χ2n) is 4.38. The predicted octanol–water partition coefficient (Wildman–Crippen LogP) is 3.31. The number of aromatic nitrogens is 2. The Kier molecular flexibility index (Phi) is 7.12. The van der Waals surface area contributed by atoms with E-state index in [4.69, 9.17) is 4.74 Å². The molecule has 0 aliphatic heterocycles. The number of ether oxygens (including phenoxy) is 1. The van der Waals surface area contributed by atoms with E-state index < -0.39 is 0 Å². The average Bonchev–Trinajstić information content (AvgIpc) is 2.74. The van der Waals surface area contributed by atoms with Crippen molar-refractivity contribution in [3.05, 3.63) is 5.69 Å². The van der Waals surface area contributed by atoms with Crippen molar-refractivity contribution in [1.29, 1.82) is 0 Å². The van der Waals surface area contributed by atoms with Crippen LogP contribution < -0.4 is 5.32 Å². The highest BCUT2D eigenvalue weighted by molar-refractivity contribution is 7.10. The fourth-order valence-corrected chi connectivity index (χ4v) is 2.20. The molecule has 0 fully saturated rings. The van der Waals surface area contributed by atoms with Gasteiger partial charge >= 0.3 is 0 Å². The van der Waals surface area contributed by atoms with Crippen molar-refractivity contribution >= 4 is 16.5 Å². The highest BCUT2D eigenvalue weighted by atomic mass is 32.1. The lowest BCUT2D eigenvalue weighted by atomic mass is 10.1. The summed E-state index contributed by atoms with van der Waals surface area (Å²) in [5.41, 5.74) is 0.937.